The van der Waals surface area contributed by atoms with E-state index in [-0.39, 0.29) is 11.9 Å². The molecule has 1 amide bonds. The van der Waals surface area contributed by atoms with E-state index in [0.717, 1.165) is 37.5 Å². The number of piperidine rings is 1. The quantitative estimate of drug-likeness (QED) is 0.605. The Hall–Kier alpha value is -2.86. The van der Waals surface area contributed by atoms with Crippen molar-refractivity contribution in [3.8, 4) is 5.75 Å². The van der Waals surface area contributed by atoms with Crippen LogP contribution in [0.15, 0.2) is 54.6 Å². The summed E-state index contributed by atoms with van der Waals surface area (Å²) in [5.41, 5.74) is 0.983. The molecular weight excluding hydrogens is 392 g/mol. The van der Waals surface area contributed by atoms with Crippen LogP contribution in [-0.4, -0.2) is 56.2 Å². The van der Waals surface area contributed by atoms with E-state index in [9.17, 15) is 9.59 Å². The van der Waals surface area contributed by atoms with Gasteiger partial charge >= 0.3 is 5.97 Å². The predicted molar refractivity (Wildman–Crippen MR) is 121 cm³/mol. The minimum atomic E-state index is -0.977. The molecule has 1 saturated heterocycles. The van der Waals surface area contributed by atoms with Crippen LogP contribution in [0.3, 0.4) is 0 Å². The van der Waals surface area contributed by atoms with E-state index >= 15 is 0 Å². The highest BCUT2D eigenvalue weighted by Gasteiger charge is 2.49. The number of amides is 1. The topological polar surface area (TPSA) is 59.1 Å². The maximum absolute atomic E-state index is 13.0. The summed E-state index contributed by atoms with van der Waals surface area (Å²) in [5, 5.41) is 0. The first kappa shape index (κ1) is 22.8. The molecule has 0 spiro atoms. The van der Waals surface area contributed by atoms with Gasteiger partial charge in [0.25, 0.3) is 0 Å². The van der Waals surface area contributed by atoms with Crippen LogP contribution in [0.2, 0.25) is 0 Å². The third-order valence-corrected chi connectivity index (χ3v) is 6.09. The standard InChI is InChI=1S/C25H32N2O4/c1-4-23(28)27(21-10-6-5-7-11-21)25(24(29)31-3)14-17-26(18-15-25)16-13-20-9-8-12-22(19-20)30-2/h5-12,19H,4,13-18H2,1-3H3. The highest BCUT2D eigenvalue weighted by molar-refractivity contribution is 6.02. The zero-order valence-corrected chi connectivity index (χ0v) is 18.7. The molecule has 0 atom stereocenters. The molecule has 6 nitrogen and oxygen atoms in total. The lowest BCUT2D eigenvalue weighted by atomic mass is 9.84. The van der Waals surface area contributed by atoms with Gasteiger partial charge in [0.2, 0.25) is 5.91 Å². The molecule has 1 aliphatic rings. The Balaban J connectivity index is 1.76. The molecule has 6 heteroatoms. The number of likely N-dealkylation sites (tertiary alicyclic amines) is 1. The van der Waals surface area contributed by atoms with Crippen LogP contribution < -0.4 is 9.64 Å². The number of carbonyl (C=O) groups is 2. The highest BCUT2D eigenvalue weighted by Crippen LogP contribution is 2.35. The monoisotopic (exact) mass is 424 g/mol. The molecule has 2 aromatic carbocycles. The van der Waals surface area contributed by atoms with Crippen molar-refractivity contribution in [1.29, 1.82) is 0 Å². The van der Waals surface area contributed by atoms with Crippen molar-refractivity contribution in [2.45, 2.75) is 38.1 Å². The first-order valence-electron chi connectivity index (χ1n) is 10.9. The molecule has 1 aliphatic heterocycles. The molecule has 166 valence electrons. The molecule has 0 bridgehead atoms. The molecule has 31 heavy (non-hydrogen) atoms. The van der Waals surface area contributed by atoms with E-state index in [0.29, 0.717) is 19.3 Å². The molecule has 0 aliphatic carbocycles. The van der Waals surface area contributed by atoms with Crippen molar-refractivity contribution in [2.24, 2.45) is 0 Å². The molecule has 0 N–H and O–H groups in total. The normalized spacial score (nSPS) is 15.8. The summed E-state index contributed by atoms with van der Waals surface area (Å²) in [7, 11) is 3.07. The van der Waals surface area contributed by atoms with E-state index < -0.39 is 5.54 Å². The van der Waals surface area contributed by atoms with Gasteiger partial charge in [-0.1, -0.05) is 37.3 Å². The molecule has 0 saturated carbocycles. The first-order valence-corrected chi connectivity index (χ1v) is 10.9. The number of esters is 1. The lowest BCUT2D eigenvalue weighted by Gasteiger charge is -2.46. The molecule has 3 rings (SSSR count). The summed E-state index contributed by atoms with van der Waals surface area (Å²) < 4.78 is 10.5. The number of ether oxygens (including phenoxy) is 2. The molecule has 1 fully saturated rings. The Morgan fingerprint density at radius 3 is 2.35 bits per heavy atom. The lowest BCUT2D eigenvalue weighted by molar-refractivity contribution is -0.151. The maximum Gasteiger partial charge on any atom is 0.332 e. The Labute approximate surface area is 184 Å². The Kier molecular flexibility index (Phi) is 7.69. The molecule has 0 unspecified atom stereocenters. The second kappa shape index (κ2) is 10.4. The van der Waals surface area contributed by atoms with Gasteiger partial charge in [-0.3, -0.25) is 9.69 Å². The van der Waals surface area contributed by atoms with Gasteiger partial charge in [-0.25, -0.2) is 4.79 Å². The van der Waals surface area contributed by atoms with Crippen LogP contribution in [0.25, 0.3) is 0 Å². The van der Waals surface area contributed by atoms with E-state index in [1.54, 1.807) is 12.0 Å². The van der Waals surface area contributed by atoms with Crippen molar-refractivity contribution in [1.82, 2.24) is 4.90 Å². The third kappa shape index (κ3) is 5.07. The summed E-state index contributed by atoms with van der Waals surface area (Å²) in [6.07, 6.45) is 2.31. The van der Waals surface area contributed by atoms with E-state index in [1.807, 2.05) is 49.4 Å². The maximum atomic E-state index is 13.0. The number of anilines is 1. The molecule has 2 aromatic rings. The zero-order valence-electron chi connectivity index (χ0n) is 18.7. The number of hydrogen-bond acceptors (Lipinski definition) is 5. The summed E-state index contributed by atoms with van der Waals surface area (Å²) in [5.74, 6) is 0.449. The summed E-state index contributed by atoms with van der Waals surface area (Å²) in [6, 6.07) is 17.5. The average Bonchev–Trinajstić information content (AvgIpc) is 2.83. The minimum absolute atomic E-state index is 0.0681. The molecule has 0 aromatic heterocycles. The van der Waals surface area contributed by atoms with E-state index in [2.05, 4.69) is 17.0 Å². The summed E-state index contributed by atoms with van der Waals surface area (Å²) >= 11 is 0. The van der Waals surface area contributed by atoms with Gasteiger partial charge in [0.15, 0.2) is 0 Å². The van der Waals surface area contributed by atoms with Gasteiger partial charge in [-0.2, -0.15) is 0 Å². The number of rotatable bonds is 8. The van der Waals surface area contributed by atoms with E-state index in [4.69, 9.17) is 9.47 Å². The fraction of sp³-hybridized carbons (Fsp3) is 0.440. The van der Waals surface area contributed by atoms with Crippen molar-refractivity contribution in [3.63, 3.8) is 0 Å². The zero-order chi connectivity index (χ0) is 22.3. The first-order chi connectivity index (χ1) is 15.0. The second-order valence-corrected chi connectivity index (χ2v) is 7.88. The fourth-order valence-corrected chi connectivity index (χ4v) is 4.34. The Morgan fingerprint density at radius 1 is 1.03 bits per heavy atom. The summed E-state index contributed by atoms with van der Waals surface area (Å²) in [6.45, 7) is 4.16. The Bertz CT molecular complexity index is 876. The number of nitrogens with zero attached hydrogens (tertiary/aromatic N) is 2. The second-order valence-electron chi connectivity index (χ2n) is 7.88. The molecule has 1 heterocycles. The van der Waals surface area contributed by atoms with Crippen LogP contribution in [0, 0.1) is 0 Å². The molecular formula is C25H32N2O4. The van der Waals surface area contributed by atoms with Gasteiger partial charge in [0.1, 0.15) is 11.3 Å². The smallest absolute Gasteiger partial charge is 0.332 e. The fourth-order valence-electron chi connectivity index (χ4n) is 4.34. The van der Waals surface area contributed by atoms with Crippen LogP contribution in [-0.2, 0) is 20.7 Å². The van der Waals surface area contributed by atoms with Gasteiger partial charge in [0.05, 0.1) is 14.2 Å². The summed E-state index contributed by atoms with van der Waals surface area (Å²) in [4.78, 5) is 30.0. The van der Waals surface area contributed by atoms with Crippen molar-refractivity contribution in [2.75, 3.05) is 38.8 Å². The number of hydrogen-bond donors (Lipinski definition) is 0. The number of methoxy groups -OCH3 is 2. The largest absolute Gasteiger partial charge is 0.497 e. The van der Waals surface area contributed by atoms with Gasteiger partial charge in [-0.15, -0.1) is 0 Å². The molecule has 0 radical (unpaired) electrons. The van der Waals surface area contributed by atoms with Crippen LogP contribution >= 0.6 is 0 Å². The van der Waals surface area contributed by atoms with Crippen LogP contribution in [0.5, 0.6) is 5.75 Å². The van der Waals surface area contributed by atoms with Crippen LogP contribution in [0.1, 0.15) is 31.7 Å². The van der Waals surface area contributed by atoms with Crippen molar-refractivity contribution >= 4 is 17.6 Å². The SMILES string of the molecule is CCC(=O)N(c1ccccc1)C1(C(=O)OC)CCN(CCc2cccc(OC)c2)CC1. The van der Waals surface area contributed by atoms with Crippen LogP contribution in [0.4, 0.5) is 5.69 Å². The number of carbonyl (C=O) groups excluding carboxylic acids is 2. The number of benzene rings is 2. The van der Waals surface area contributed by atoms with Gasteiger partial charge in [-0.05, 0) is 49.1 Å². The Morgan fingerprint density at radius 2 is 1.74 bits per heavy atom. The van der Waals surface area contributed by atoms with Crippen molar-refractivity contribution in [3.05, 3.63) is 60.2 Å². The third-order valence-electron chi connectivity index (χ3n) is 6.09. The van der Waals surface area contributed by atoms with Gasteiger partial charge in [0, 0.05) is 31.7 Å². The average molecular weight is 425 g/mol. The highest BCUT2D eigenvalue weighted by atomic mass is 16.5. The van der Waals surface area contributed by atoms with Gasteiger partial charge < -0.3 is 14.4 Å². The predicted octanol–water partition coefficient (Wildman–Crippen LogP) is 3.69. The van der Waals surface area contributed by atoms with Crippen molar-refractivity contribution < 1.29 is 19.1 Å². The van der Waals surface area contributed by atoms with E-state index in [1.165, 1.54) is 12.7 Å². The lowest BCUT2D eigenvalue weighted by Crippen LogP contribution is -2.62. The minimum Gasteiger partial charge on any atom is -0.497 e. The number of para-hydroxylation sites is 1.